The number of hydrogen-bond acceptors (Lipinski definition) is 8. The Morgan fingerprint density at radius 3 is 2.39 bits per heavy atom. The number of hydrogen-bond donors (Lipinski definition) is 3. The van der Waals surface area contributed by atoms with E-state index in [1.165, 1.54) is 13.2 Å². The van der Waals surface area contributed by atoms with Crippen LogP contribution in [-0.2, 0) is 30.8 Å². The normalized spacial score (nSPS) is 16.0. The van der Waals surface area contributed by atoms with Crippen molar-refractivity contribution in [2.24, 2.45) is 0 Å². The highest BCUT2D eigenvalue weighted by molar-refractivity contribution is 7.43. The molecule has 0 radical (unpaired) electrons. The third-order valence-electron chi connectivity index (χ3n) is 5.40. The molecule has 0 heterocycles. The summed E-state index contributed by atoms with van der Waals surface area (Å²) in [5, 5.41) is 29.1. The largest absolute Gasteiger partial charge is 0.780 e. The Hall–Kier alpha value is -2.19. The van der Waals surface area contributed by atoms with Crippen LogP contribution in [0.15, 0.2) is 30.3 Å². The molecule has 0 amide bonds. The van der Waals surface area contributed by atoms with E-state index in [4.69, 9.17) is 9.26 Å². The van der Waals surface area contributed by atoms with Gasteiger partial charge in [0.05, 0.1) is 26.9 Å². The van der Waals surface area contributed by atoms with Crippen LogP contribution in [0.1, 0.15) is 52.6 Å². The second-order valence-electron chi connectivity index (χ2n) is 7.27. The van der Waals surface area contributed by atoms with Gasteiger partial charge in [-0.3, -0.25) is 0 Å². The van der Waals surface area contributed by atoms with Gasteiger partial charge in [-0.25, -0.2) is 0 Å². The molecule has 0 aromatic heterocycles. The summed E-state index contributed by atoms with van der Waals surface area (Å²) in [6.07, 6.45) is 4.82. The Labute approximate surface area is 180 Å². The van der Waals surface area contributed by atoms with Gasteiger partial charge in [0, 0.05) is 16.7 Å². The van der Waals surface area contributed by atoms with Crippen molar-refractivity contribution >= 4 is 13.4 Å². The van der Waals surface area contributed by atoms with Gasteiger partial charge in [-0.05, 0) is 60.1 Å². The van der Waals surface area contributed by atoms with E-state index in [1.54, 1.807) is 18.2 Å². The second-order valence-corrected chi connectivity index (χ2v) is 8.35. The minimum absolute atomic E-state index is 0.123. The zero-order chi connectivity index (χ0) is 22.6. The van der Waals surface area contributed by atoms with Crippen molar-refractivity contribution < 1.29 is 38.9 Å². The molecule has 2 aromatic carbocycles. The number of ether oxygens (including phenoxy) is 1. The molecule has 31 heavy (non-hydrogen) atoms. The standard InChI is InChI=1S/C22H27O8P/c1-29-21-10-15(9-16(12-24)20(21)13-25)17-5-3-2-4-6-19-18(17)8-7-14(11-23)22(19)30-31(26,27)28/h5,7-10,23-25H,2-4,6,11-13H2,1H3,(H2,26,27,28)/p-2/b17-5-. The van der Waals surface area contributed by atoms with Crippen LogP contribution in [0.5, 0.6) is 11.5 Å². The van der Waals surface area contributed by atoms with Crippen LogP contribution in [0.25, 0.3) is 5.57 Å². The fraction of sp³-hybridized carbons (Fsp3) is 0.364. The molecule has 2 aromatic rings. The molecule has 0 spiro atoms. The number of aliphatic hydroxyl groups excluding tert-OH is 3. The number of phosphoric acid groups is 1. The Bertz CT molecular complexity index is 999. The average molecular weight is 448 g/mol. The maximum atomic E-state index is 11.4. The summed E-state index contributed by atoms with van der Waals surface area (Å²) in [7, 11) is -3.87. The summed E-state index contributed by atoms with van der Waals surface area (Å²) in [6, 6.07) is 6.79. The van der Waals surface area contributed by atoms with Gasteiger partial charge < -0.3 is 38.9 Å². The van der Waals surface area contributed by atoms with Crippen LogP contribution >= 0.6 is 7.82 Å². The summed E-state index contributed by atoms with van der Waals surface area (Å²) in [5.74, 6) is 0.295. The van der Waals surface area contributed by atoms with Gasteiger partial charge in [-0.1, -0.05) is 18.2 Å². The molecule has 0 saturated carbocycles. The van der Waals surface area contributed by atoms with Gasteiger partial charge >= 0.3 is 0 Å². The number of rotatable bonds is 7. The fourth-order valence-corrected chi connectivity index (χ4v) is 4.42. The molecule has 0 unspecified atom stereocenters. The third kappa shape index (κ3) is 5.18. The lowest BCUT2D eigenvalue weighted by Crippen LogP contribution is -2.20. The monoisotopic (exact) mass is 448 g/mol. The van der Waals surface area contributed by atoms with E-state index in [0.29, 0.717) is 40.0 Å². The predicted molar refractivity (Wildman–Crippen MR) is 110 cm³/mol. The molecular weight excluding hydrogens is 423 g/mol. The molecule has 168 valence electrons. The molecule has 1 aliphatic rings. The van der Waals surface area contributed by atoms with Crippen LogP contribution < -0.4 is 19.0 Å². The molecule has 0 atom stereocenters. The molecule has 0 saturated heterocycles. The lowest BCUT2D eigenvalue weighted by molar-refractivity contribution is -0.333. The molecule has 9 heteroatoms. The van der Waals surface area contributed by atoms with Gasteiger partial charge in [-0.2, -0.15) is 0 Å². The maximum absolute atomic E-state index is 11.4. The van der Waals surface area contributed by atoms with Crippen LogP contribution in [0, 0.1) is 0 Å². The lowest BCUT2D eigenvalue weighted by Gasteiger charge is -2.32. The zero-order valence-electron chi connectivity index (χ0n) is 17.2. The first kappa shape index (κ1) is 23.5. The Morgan fingerprint density at radius 1 is 1.03 bits per heavy atom. The van der Waals surface area contributed by atoms with E-state index in [0.717, 1.165) is 24.8 Å². The average Bonchev–Trinajstić information content (AvgIpc) is 2.72. The number of phosphoric ester groups is 1. The minimum Gasteiger partial charge on any atom is -0.780 e. The van der Waals surface area contributed by atoms with Crippen LogP contribution in [-0.4, -0.2) is 22.4 Å². The molecule has 0 aliphatic heterocycles. The molecule has 0 bridgehead atoms. The van der Waals surface area contributed by atoms with E-state index in [9.17, 15) is 29.7 Å². The van der Waals surface area contributed by atoms with Gasteiger partial charge in [-0.15, -0.1) is 0 Å². The van der Waals surface area contributed by atoms with E-state index < -0.39 is 14.4 Å². The van der Waals surface area contributed by atoms with Crippen molar-refractivity contribution in [2.75, 3.05) is 7.11 Å². The van der Waals surface area contributed by atoms with E-state index in [1.807, 2.05) is 6.08 Å². The number of benzene rings is 2. The van der Waals surface area contributed by atoms with Gasteiger partial charge in [0.15, 0.2) is 0 Å². The number of allylic oxidation sites excluding steroid dienone is 1. The van der Waals surface area contributed by atoms with E-state index in [2.05, 4.69) is 0 Å². The number of methoxy groups -OCH3 is 1. The Balaban J connectivity index is 2.25. The van der Waals surface area contributed by atoms with E-state index >= 15 is 0 Å². The second kappa shape index (κ2) is 9.96. The molecule has 1 aliphatic carbocycles. The van der Waals surface area contributed by atoms with Gasteiger partial charge in [0.1, 0.15) is 19.3 Å². The summed E-state index contributed by atoms with van der Waals surface area (Å²) < 4.78 is 21.6. The highest BCUT2D eigenvalue weighted by Crippen LogP contribution is 2.42. The first-order chi connectivity index (χ1) is 14.8. The molecule has 8 nitrogen and oxygen atoms in total. The lowest BCUT2D eigenvalue weighted by atomic mass is 9.85. The van der Waals surface area contributed by atoms with Crippen LogP contribution in [0.3, 0.4) is 0 Å². The first-order valence-electron chi connectivity index (χ1n) is 9.92. The molecular formula is C22H25O8P-2. The molecule has 0 fully saturated rings. The van der Waals surface area contributed by atoms with Crippen LogP contribution in [0.2, 0.25) is 0 Å². The fourth-order valence-electron chi connectivity index (χ4n) is 3.96. The first-order valence-corrected chi connectivity index (χ1v) is 11.4. The van der Waals surface area contributed by atoms with Crippen molar-refractivity contribution in [3.8, 4) is 11.5 Å². The van der Waals surface area contributed by atoms with Gasteiger partial charge in [0.2, 0.25) is 0 Å². The summed E-state index contributed by atoms with van der Waals surface area (Å²) in [4.78, 5) is 22.8. The smallest absolute Gasteiger partial charge is 0.133 e. The van der Waals surface area contributed by atoms with Crippen LogP contribution in [0.4, 0.5) is 0 Å². The molecule has 3 rings (SSSR count). The van der Waals surface area contributed by atoms with Crippen molar-refractivity contribution in [3.05, 3.63) is 63.7 Å². The highest BCUT2D eigenvalue weighted by atomic mass is 31.2. The summed E-state index contributed by atoms with van der Waals surface area (Å²) >= 11 is 0. The molecule has 3 N–H and O–H groups in total. The van der Waals surface area contributed by atoms with E-state index in [-0.39, 0.29) is 24.5 Å². The highest BCUT2D eigenvalue weighted by Gasteiger charge is 2.21. The van der Waals surface area contributed by atoms with Crippen molar-refractivity contribution in [1.82, 2.24) is 0 Å². The summed E-state index contributed by atoms with van der Waals surface area (Å²) in [5.41, 5.74) is 3.87. The van der Waals surface area contributed by atoms with Crippen molar-refractivity contribution in [2.45, 2.75) is 45.5 Å². The van der Waals surface area contributed by atoms with Crippen molar-refractivity contribution in [1.29, 1.82) is 0 Å². The van der Waals surface area contributed by atoms with Gasteiger partial charge in [0.25, 0.3) is 0 Å². The topological polar surface area (TPSA) is 142 Å². The summed E-state index contributed by atoms with van der Waals surface area (Å²) in [6.45, 7) is -1.07. The maximum Gasteiger partial charge on any atom is 0.133 e. The van der Waals surface area contributed by atoms with Crippen molar-refractivity contribution in [3.63, 3.8) is 0 Å². The number of fused-ring (bicyclic) bond motifs is 1. The Morgan fingerprint density at radius 2 is 1.77 bits per heavy atom. The SMILES string of the molecule is COc1cc(/C2=C/CCCCc3c2ccc(CO)c3OP(=O)([O-])[O-])cc(CO)c1CO. The zero-order valence-corrected chi connectivity index (χ0v) is 18.1. The third-order valence-corrected chi connectivity index (χ3v) is 5.80. The Kier molecular flexibility index (Phi) is 7.54. The number of aliphatic hydroxyl groups is 3. The minimum atomic E-state index is -5.34. The predicted octanol–water partition coefficient (Wildman–Crippen LogP) is 1.54. The quantitative estimate of drug-likeness (QED) is 0.542.